The number of hydrogen-bond donors (Lipinski definition) is 2. The van der Waals surface area contributed by atoms with Crippen molar-refractivity contribution < 1.29 is 14.3 Å². The number of piperidine rings is 1. The molecule has 1 saturated heterocycles. The number of para-hydroxylation sites is 2. The molecule has 0 unspecified atom stereocenters. The molecule has 6 nitrogen and oxygen atoms in total. The Hall–Kier alpha value is -2.76. The number of rotatable bonds is 4. The van der Waals surface area contributed by atoms with Crippen molar-refractivity contribution in [1.29, 1.82) is 0 Å². The van der Waals surface area contributed by atoms with E-state index in [1.165, 1.54) is 26.4 Å². The average molecular weight is 355 g/mol. The molecule has 0 radical (unpaired) electrons. The molecular formula is C20H25N3O3. The van der Waals surface area contributed by atoms with E-state index in [-0.39, 0.29) is 5.91 Å². The molecule has 1 aliphatic rings. The van der Waals surface area contributed by atoms with Crippen molar-refractivity contribution in [3.63, 3.8) is 0 Å². The van der Waals surface area contributed by atoms with Crippen LogP contribution in [0.3, 0.4) is 0 Å². The number of aromatic nitrogens is 1. The van der Waals surface area contributed by atoms with Crippen LogP contribution in [0.15, 0.2) is 24.3 Å². The molecule has 0 spiro atoms. The largest absolute Gasteiger partial charge is 0.465 e. The van der Waals surface area contributed by atoms with Crippen molar-refractivity contribution in [1.82, 2.24) is 4.98 Å². The average Bonchev–Trinajstić information content (AvgIpc) is 2.96. The van der Waals surface area contributed by atoms with Gasteiger partial charge in [-0.05, 0) is 50.8 Å². The number of carbonyl (C=O) groups is 2. The molecule has 138 valence electrons. The number of carbonyl (C=O) groups excluding carboxylic acids is 2. The lowest BCUT2D eigenvalue weighted by atomic mass is 10.1. The van der Waals surface area contributed by atoms with Gasteiger partial charge in [0.1, 0.15) is 5.69 Å². The standard InChI is InChI=1S/C20H25N3O3/c1-13-17(20(25)26-3)14(2)21-18(13)19(24)22-15-9-5-6-10-16(15)23-11-7-4-8-12-23/h5-6,9-10,21H,4,7-8,11-12H2,1-3H3,(H,22,24). The summed E-state index contributed by atoms with van der Waals surface area (Å²) in [5.41, 5.74) is 3.85. The van der Waals surface area contributed by atoms with Gasteiger partial charge in [0.2, 0.25) is 0 Å². The summed E-state index contributed by atoms with van der Waals surface area (Å²) in [6, 6.07) is 7.84. The molecule has 2 N–H and O–H groups in total. The van der Waals surface area contributed by atoms with E-state index in [2.05, 4.69) is 15.2 Å². The zero-order chi connectivity index (χ0) is 18.7. The van der Waals surface area contributed by atoms with Crippen LogP contribution in [0.1, 0.15) is 51.4 Å². The highest BCUT2D eigenvalue weighted by Gasteiger charge is 2.23. The summed E-state index contributed by atoms with van der Waals surface area (Å²) < 4.78 is 4.81. The van der Waals surface area contributed by atoms with Crippen molar-refractivity contribution >= 4 is 23.3 Å². The zero-order valence-corrected chi connectivity index (χ0v) is 15.5. The molecule has 0 saturated carbocycles. The second-order valence-electron chi connectivity index (χ2n) is 6.64. The Balaban J connectivity index is 1.86. The molecule has 1 amide bonds. The number of esters is 1. The molecule has 2 heterocycles. The molecule has 0 atom stereocenters. The van der Waals surface area contributed by atoms with Gasteiger partial charge in [-0.25, -0.2) is 4.79 Å². The van der Waals surface area contributed by atoms with Gasteiger partial charge in [0.05, 0.1) is 24.0 Å². The minimum atomic E-state index is -0.441. The number of anilines is 2. The fourth-order valence-corrected chi connectivity index (χ4v) is 3.56. The van der Waals surface area contributed by atoms with Crippen molar-refractivity contribution in [3.8, 4) is 0 Å². The number of hydrogen-bond acceptors (Lipinski definition) is 4. The van der Waals surface area contributed by atoms with Crippen LogP contribution < -0.4 is 10.2 Å². The number of benzene rings is 1. The van der Waals surface area contributed by atoms with Crippen LogP contribution in [0, 0.1) is 13.8 Å². The summed E-state index contributed by atoms with van der Waals surface area (Å²) >= 11 is 0. The van der Waals surface area contributed by atoms with Gasteiger partial charge in [-0.3, -0.25) is 4.79 Å². The van der Waals surface area contributed by atoms with E-state index in [4.69, 9.17) is 4.74 Å². The van der Waals surface area contributed by atoms with E-state index in [0.29, 0.717) is 22.5 Å². The van der Waals surface area contributed by atoms with Crippen LogP contribution in [0.4, 0.5) is 11.4 Å². The number of nitrogens with zero attached hydrogens (tertiary/aromatic N) is 1. The summed E-state index contributed by atoms with van der Waals surface area (Å²) in [4.78, 5) is 30.1. The minimum Gasteiger partial charge on any atom is -0.465 e. The second-order valence-corrected chi connectivity index (χ2v) is 6.64. The van der Waals surface area contributed by atoms with Crippen LogP contribution in [0.25, 0.3) is 0 Å². The zero-order valence-electron chi connectivity index (χ0n) is 15.5. The van der Waals surface area contributed by atoms with Gasteiger partial charge in [-0.2, -0.15) is 0 Å². The summed E-state index contributed by atoms with van der Waals surface area (Å²) in [6.07, 6.45) is 3.59. The summed E-state index contributed by atoms with van der Waals surface area (Å²) in [6.45, 7) is 5.51. The van der Waals surface area contributed by atoms with Crippen molar-refractivity contribution in [2.75, 3.05) is 30.4 Å². The lowest BCUT2D eigenvalue weighted by Crippen LogP contribution is -2.30. The Morgan fingerprint density at radius 3 is 2.50 bits per heavy atom. The van der Waals surface area contributed by atoms with Gasteiger partial charge < -0.3 is 19.9 Å². The summed E-state index contributed by atoms with van der Waals surface area (Å²) in [5.74, 6) is -0.700. The fraction of sp³-hybridized carbons (Fsp3) is 0.400. The molecule has 26 heavy (non-hydrogen) atoms. The van der Waals surface area contributed by atoms with Gasteiger partial charge in [-0.1, -0.05) is 12.1 Å². The highest BCUT2D eigenvalue weighted by molar-refractivity contribution is 6.08. The van der Waals surface area contributed by atoms with Gasteiger partial charge >= 0.3 is 5.97 Å². The maximum atomic E-state index is 12.8. The topological polar surface area (TPSA) is 74.4 Å². The van der Waals surface area contributed by atoms with Crippen molar-refractivity contribution in [2.45, 2.75) is 33.1 Å². The SMILES string of the molecule is COC(=O)c1c(C)[nH]c(C(=O)Nc2ccccc2N2CCCCC2)c1C. The predicted molar refractivity (Wildman–Crippen MR) is 102 cm³/mol. The highest BCUT2D eigenvalue weighted by atomic mass is 16.5. The quantitative estimate of drug-likeness (QED) is 0.821. The third-order valence-corrected chi connectivity index (χ3v) is 4.90. The van der Waals surface area contributed by atoms with Crippen LogP contribution in [-0.2, 0) is 4.74 Å². The smallest absolute Gasteiger partial charge is 0.339 e. The van der Waals surface area contributed by atoms with Crippen molar-refractivity contribution in [2.24, 2.45) is 0 Å². The van der Waals surface area contributed by atoms with Gasteiger partial charge in [0.15, 0.2) is 0 Å². The second kappa shape index (κ2) is 7.64. The van der Waals surface area contributed by atoms with E-state index >= 15 is 0 Å². The Bertz CT molecular complexity index is 820. The highest BCUT2D eigenvalue weighted by Crippen LogP contribution is 2.29. The maximum absolute atomic E-state index is 12.8. The Morgan fingerprint density at radius 2 is 1.81 bits per heavy atom. The summed E-state index contributed by atoms with van der Waals surface area (Å²) in [5, 5.41) is 3.00. The predicted octanol–water partition coefficient (Wildman–Crippen LogP) is 3.66. The van der Waals surface area contributed by atoms with Crippen LogP contribution in [0.5, 0.6) is 0 Å². The first-order valence-electron chi connectivity index (χ1n) is 8.95. The first-order chi connectivity index (χ1) is 12.5. The van der Waals surface area contributed by atoms with Gasteiger partial charge in [-0.15, -0.1) is 0 Å². The molecule has 2 aromatic rings. The lowest BCUT2D eigenvalue weighted by molar-refractivity contribution is 0.0599. The van der Waals surface area contributed by atoms with Crippen molar-refractivity contribution in [3.05, 3.63) is 46.8 Å². The fourth-order valence-electron chi connectivity index (χ4n) is 3.56. The number of nitrogens with one attached hydrogen (secondary N) is 2. The number of aryl methyl sites for hydroxylation is 1. The molecule has 0 bridgehead atoms. The molecule has 6 heteroatoms. The molecule has 1 aliphatic heterocycles. The molecular weight excluding hydrogens is 330 g/mol. The minimum absolute atomic E-state index is 0.259. The van der Waals surface area contributed by atoms with Crippen LogP contribution >= 0.6 is 0 Å². The monoisotopic (exact) mass is 355 g/mol. The third-order valence-electron chi connectivity index (χ3n) is 4.90. The van der Waals surface area contributed by atoms with E-state index in [9.17, 15) is 9.59 Å². The first-order valence-corrected chi connectivity index (χ1v) is 8.95. The summed E-state index contributed by atoms with van der Waals surface area (Å²) in [7, 11) is 1.34. The number of amides is 1. The number of ether oxygens (including phenoxy) is 1. The third kappa shape index (κ3) is 3.45. The molecule has 1 aromatic carbocycles. The Morgan fingerprint density at radius 1 is 1.12 bits per heavy atom. The molecule has 1 fully saturated rings. The van der Waals surface area contributed by atoms with E-state index in [1.807, 2.05) is 24.3 Å². The van der Waals surface area contributed by atoms with E-state index in [0.717, 1.165) is 24.5 Å². The van der Waals surface area contributed by atoms with E-state index in [1.54, 1.807) is 13.8 Å². The number of methoxy groups -OCH3 is 1. The molecule has 1 aromatic heterocycles. The van der Waals surface area contributed by atoms with Crippen LogP contribution in [0.2, 0.25) is 0 Å². The normalized spacial score (nSPS) is 14.2. The lowest BCUT2D eigenvalue weighted by Gasteiger charge is -2.30. The first kappa shape index (κ1) is 18.0. The number of H-pyrrole nitrogens is 1. The Labute approximate surface area is 153 Å². The Kier molecular flexibility index (Phi) is 5.30. The molecule has 0 aliphatic carbocycles. The molecule has 3 rings (SSSR count). The van der Waals surface area contributed by atoms with E-state index < -0.39 is 5.97 Å². The van der Waals surface area contributed by atoms with Crippen LogP contribution in [-0.4, -0.2) is 37.1 Å². The number of aromatic amines is 1. The van der Waals surface area contributed by atoms with Gasteiger partial charge in [0, 0.05) is 18.8 Å². The van der Waals surface area contributed by atoms with Gasteiger partial charge in [0.25, 0.3) is 5.91 Å². The maximum Gasteiger partial charge on any atom is 0.339 e.